The summed E-state index contributed by atoms with van der Waals surface area (Å²) in [5.41, 5.74) is -0.140. The number of ether oxygens (including phenoxy) is 5. The van der Waals surface area contributed by atoms with Crippen molar-refractivity contribution in [3.8, 4) is 0 Å². The molecule has 3 heterocycles. The van der Waals surface area contributed by atoms with E-state index in [-0.39, 0.29) is 51.6 Å². The monoisotopic (exact) mass is 625 g/mol. The van der Waals surface area contributed by atoms with Crippen molar-refractivity contribution in [2.24, 2.45) is 0 Å². The van der Waals surface area contributed by atoms with Crippen molar-refractivity contribution in [3.63, 3.8) is 0 Å². The quantitative estimate of drug-likeness (QED) is 0.127. The van der Waals surface area contributed by atoms with Gasteiger partial charge in [-0.1, -0.05) is 57.1 Å². The second-order valence-electron chi connectivity index (χ2n) is 10.7. The molecule has 0 amide bonds. The van der Waals surface area contributed by atoms with Gasteiger partial charge in [-0.2, -0.15) is 0 Å². The molecule has 2 aromatic heterocycles. The van der Waals surface area contributed by atoms with Crippen LogP contribution in [0.5, 0.6) is 0 Å². The molecule has 0 aliphatic carbocycles. The van der Waals surface area contributed by atoms with E-state index in [0.29, 0.717) is 6.61 Å². The molecule has 0 saturated carbocycles. The zero-order valence-corrected chi connectivity index (χ0v) is 25.6. The SMILES string of the molecule is CCCCCCCCCCc1cn(Cc2cn([C@H]3C[C@H](OC(=O)OCCOCCOCCO)[C@@H](CO)O3)c(=O)[nH]c2=O)nn1. The highest BCUT2D eigenvalue weighted by atomic mass is 16.7. The van der Waals surface area contributed by atoms with E-state index in [2.05, 4.69) is 22.2 Å². The summed E-state index contributed by atoms with van der Waals surface area (Å²) < 4.78 is 29.2. The topological polar surface area (TPSA) is 189 Å². The first-order valence-electron chi connectivity index (χ1n) is 15.5. The van der Waals surface area contributed by atoms with Crippen molar-refractivity contribution >= 4 is 6.16 Å². The minimum Gasteiger partial charge on any atom is -0.432 e. The standard InChI is InChI=1S/C29H47N5O10/c1-2-3-4-5-6-7-8-9-10-23-20-33(32-31-23)18-22-19-34(28(38)30-27(22)37)26-17-24(25(21-36)43-26)44-29(39)42-16-15-41-14-13-40-12-11-35/h19-20,24-26,35-36H,2-18,21H2,1H3,(H,30,37,38)/t24-,25+,26+/m0/s1. The molecule has 0 aromatic carbocycles. The fourth-order valence-corrected chi connectivity index (χ4v) is 4.89. The minimum atomic E-state index is -0.971. The number of nitrogens with one attached hydrogen (secondary N) is 1. The Labute approximate surface area is 256 Å². The van der Waals surface area contributed by atoms with Gasteiger partial charge in [-0.25, -0.2) is 14.3 Å². The zero-order valence-electron chi connectivity index (χ0n) is 25.6. The molecule has 3 rings (SSSR count). The predicted molar refractivity (Wildman–Crippen MR) is 157 cm³/mol. The predicted octanol–water partition coefficient (Wildman–Crippen LogP) is 1.69. The molecule has 1 fully saturated rings. The highest BCUT2D eigenvalue weighted by Crippen LogP contribution is 2.30. The van der Waals surface area contributed by atoms with Crippen LogP contribution in [-0.2, 0) is 36.6 Å². The summed E-state index contributed by atoms with van der Waals surface area (Å²) in [4.78, 5) is 39.7. The highest BCUT2D eigenvalue weighted by Gasteiger charge is 2.39. The number of unbranched alkanes of at least 4 members (excludes halogenated alkanes) is 7. The van der Waals surface area contributed by atoms with Crippen molar-refractivity contribution < 1.29 is 38.7 Å². The van der Waals surface area contributed by atoms with Gasteiger partial charge in [0.1, 0.15) is 25.0 Å². The minimum absolute atomic E-state index is 0.0521. The lowest BCUT2D eigenvalue weighted by Crippen LogP contribution is -2.34. The van der Waals surface area contributed by atoms with Crippen LogP contribution in [0.1, 0.15) is 82.2 Å². The average Bonchev–Trinajstić information content (AvgIpc) is 3.63. The number of rotatable bonds is 22. The number of nitrogens with zero attached hydrogens (tertiary/aromatic N) is 4. The summed E-state index contributed by atoms with van der Waals surface area (Å²) in [5.74, 6) is 0. The molecule has 15 heteroatoms. The Hall–Kier alpha value is -3.11. The van der Waals surface area contributed by atoms with Gasteiger partial charge in [0.2, 0.25) is 0 Å². The van der Waals surface area contributed by atoms with E-state index in [1.807, 2.05) is 0 Å². The molecule has 0 radical (unpaired) electrons. The smallest absolute Gasteiger partial charge is 0.432 e. The van der Waals surface area contributed by atoms with E-state index >= 15 is 0 Å². The Morgan fingerprint density at radius 1 is 1.00 bits per heavy atom. The lowest BCUT2D eigenvalue weighted by molar-refractivity contribution is -0.0600. The van der Waals surface area contributed by atoms with Crippen LogP contribution < -0.4 is 11.2 Å². The Morgan fingerprint density at radius 2 is 1.70 bits per heavy atom. The fourth-order valence-electron chi connectivity index (χ4n) is 4.89. The van der Waals surface area contributed by atoms with Crippen molar-refractivity contribution in [1.82, 2.24) is 24.5 Å². The summed E-state index contributed by atoms with van der Waals surface area (Å²) in [5, 5.41) is 26.8. The summed E-state index contributed by atoms with van der Waals surface area (Å²) in [6.45, 7) is 2.62. The van der Waals surface area contributed by atoms with Crippen LogP contribution in [-0.4, -0.2) is 99.4 Å². The van der Waals surface area contributed by atoms with E-state index in [9.17, 15) is 19.5 Å². The number of aryl methyl sites for hydroxylation is 1. The second kappa shape index (κ2) is 20.0. The van der Waals surface area contributed by atoms with Gasteiger partial charge in [0.15, 0.2) is 0 Å². The zero-order chi connectivity index (χ0) is 31.6. The normalized spacial score (nSPS) is 18.1. The van der Waals surface area contributed by atoms with Gasteiger partial charge in [0.05, 0.1) is 57.4 Å². The number of carbonyl (C=O) groups is 1. The Kier molecular flexibility index (Phi) is 16.1. The summed E-state index contributed by atoms with van der Waals surface area (Å²) in [7, 11) is 0. The number of hydrogen-bond acceptors (Lipinski definition) is 12. The summed E-state index contributed by atoms with van der Waals surface area (Å²) in [6.07, 6.45) is 10.2. The van der Waals surface area contributed by atoms with E-state index in [1.165, 1.54) is 49.3 Å². The van der Waals surface area contributed by atoms with Gasteiger partial charge in [-0.3, -0.25) is 14.3 Å². The molecule has 0 unspecified atom stereocenters. The van der Waals surface area contributed by atoms with Crippen LogP contribution in [0.25, 0.3) is 0 Å². The first-order chi connectivity index (χ1) is 21.4. The number of hydrogen-bond donors (Lipinski definition) is 3. The molecule has 1 aliphatic rings. The molecule has 0 spiro atoms. The van der Waals surface area contributed by atoms with Crippen LogP contribution >= 0.6 is 0 Å². The number of aliphatic hydroxyl groups is 2. The van der Waals surface area contributed by atoms with Gasteiger partial charge >= 0.3 is 11.8 Å². The molecule has 0 bridgehead atoms. The third-order valence-corrected chi connectivity index (χ3v) is 7.22. The van der Waals surface area contributed by atoms with Crippen molar-refractivity contribution in [2.75, 3.05) is 46.2 Å². The molecule has 2 aromatic rings. The van der Waals surface area contributed by atoms with E-state index in [1.54, 1.807) is 10.9 Å². The van der Waals surface area contributed by atoms with E-state index < -0.39 is 42.4 Å². The Balaban J connectivity index is 1.48. The molecule has 3 atom stereocenters. The molecular weight excluding hydrogens is 578 g/mol. The van der Waals surface area contributed by atoms with Crippen LogP contribution in [0.15, 0.2) is 22.0 Å². The van der Waals surface area contributed by atoms with Gasteiger partial charge in [-0.15, -0.1) is 5.10 Å². The maximum atomic E-state index is 12.7. The number of aromatic nitrogens is 5. The highest BCUT2D eigenvalue weighted by molar-refractivity contribution is 5.60. The number of carbonyl (C=O) groups excluding carboxylic acids is 1. The lowest BCUT2D eigenvalue weighted by atomic mass is 10.1. The summed E-state index contributed by atoms with van der Waals surface area (Å²) in [6, 6.07) is 0. The van der Waals surface area contributed by atoms with Crippen LogP contribution in [0.4, 0.5) is 4.79 Å². The molecule has 1 saturated heterocycles. The first kappa shape index (κ1) is 35.4. The van der Waals surface area contributed by atoms with Crippen LogP contribution in [0, 0.1) is 0 Å². The van der Waals surface area contributed by atoms with Gasteiger partial charge in [0, 0.05) is 18.8 Å². The largest absolute Gasteiger partial charge is 0.508 e. The van der Waals surface area contributed by atoms with Gasteiger partial charge in [0.25, 0.3) is 5.56 Å². The maximum Gasteiger partial charge on any atom is 0.508 e. The first-order valence-corrected chi connectivity index (χ1v) is 15.5. The summed E-state index contributed by atoms with van der Waals surface area (Å²) >= 11 is 0. The van der Waals surface area contributed by atoms with E-state index in [4.69, 9.17) is 28.8 Å². The Morgan fingerprint density at radius 3 is 2.43 bits per heavy atom. The molecule has 15 nitrogen and oxygen atoms in total. The second-order valence-corrected chi connectivity index (χ2v) is 10.7. The van der Waals surface area contributed by atoms with Crippen molar-refractivity contribution in [3.05, 3.63) is 44.5 Å². The van der Waals surface area contributed by atoms with Crippen molar-refractivity contribution in [1.29, 1.82) is 0 Å². The number of aromatic amines is 1. The van der Waals surface area contributed by atoms with Crippen LogP contribution in [0.2, 0.25) is 0 Å². The van der Waals surface area contributed by atoms with Gasteiger partial charge < -0.3 is 33.9 Å². The third kappa shape index (κ3) is 12.1. The molecular formula is C29H47N5O10. The molecule has 44 heavy (non-hydrogen) atoms. The van der Waals surface area contributed by atoms with E-state index in [0.717, 1.165) is 25.0 Å². The molecule has 3 N–H and O–H groups in total. The maximum absolute atomic E-state index is 12.7. The number of H-pyrrole nitrogens is 1. The average molecular weight is 626 g/mol. The van der Waals surface area contributed by atoms with Crippen LogP contribution in [0.3, 0.4) is 0 Å². The lowest BCUT2D eigenvalue weighted by Gasteiger charge is -2.16. The van der Waals surface area contributed by atoms with Crippen molar-refractivity contribution in [2.45, 2.75) is 96.1 Å². The molecule has 1 aliphatic heterocycles. The third-order valence-electron chi connectivity index (χ3n) is 7.22. The Bertz CT molecular complexity index is 1220. The fraction of sp³-hybridized carbons (Fsp3) is 0.759. The molecule has 248 valence electrons. The number of aliphatic hydroxyl groups excluding tert-OH is 2. The van der Waals surface area contributed by atoms with Gasteiger partial charge in [-0.05, 0) is 12.8 Å².